The topological polar surface area (TPSA) is 50.1 Å². The summed E-state index contributed by atoms with van der Waals surface area (Å²) in [7, 11) is 1.31. The molecule has 0 amide bonds. The summed E-state index contributed by atoms with van der Waals surface area (Å²) < 4.78 is 5.85. The molecule has 5 heteroatoms. The highest BCUT2D eigenvalue weighted by molar-refractivity contribution is 14.1. The Balaban J connectivity index is 3.42. The molecule has 0 aliphatic carbocycles. The fourth-order valence-corrected chi connectivity index (χ4v) is 2.56. The van der Waals surface area contributed by atoms with E-state index >= 15 is 0 Å². The molecule has 0 radical (unpaired) electrons. The third-order valence-electron chi connectivity index (χ3n) is 1.60. The van der Waals surface area contributed by atoms with Gasteiger partial charge in [-0.05, 0) is 50.7 Å². The molecule has 0 N–H and O–H groups in total. The number of hydrogen-bond donors (Lipinski definition) is 0. The fraction of sp³-hybridized carbons (Fsp3) is 0.111. The molecular weight excluding hydrogens is 361 g/mol. The number of hydrogen-bond acceptors (Lipinski definition) is 3. The second-order valence-corrected chi connectivity index (χ2v) is 4.34. The standard InChI is InChI=1S/C9H5BrINO2/c1-14-9(13)7-6(11)3-2-5(4-12)8(7)10/h2-3H,1H3. The van der Waals surface area contributed by atoms with Crippen molar-refractivity contribution >= 4 is 44.5 Å². The van der Waals surface area contributed by atoms with Crippen molar-refractivity contribution in [1.82, 2.24) is 0 Å². The van der Waals surface area contributed by atoms with Gasteiger partial charge in [0, 0.05) is 3.57 Å². The minimum atomic E-state index is -0.446. The van der Waals surface area contributed by atoms with E-state index in [0.29, 0.717) is 15.6 Å². The molecule has 1 aromatic rings. The van der Waals surface area contributed by atoms with Gasteiger partial charge in [-0.2, -0.15) is 5.26 Å². The van der Waals surface area contributed by atoms with Crippen LogP contribution < -0.4 is 0 Å². The first kappa shape index (κ1) is 11.5. The molecule has 0 saturated carbocycles. The molecule has 0 aromatic heterocycles. The van der Waals surface area contributed by atoms with Crippen molar-refractivity contribution in [3.63, 3.8) is 0 Å². The van der Waals surface area contributed by atoms with E-state index < -0.39 is 5.97 Å². The van der Waals surface area contributed by atoms with Crippen molar-refractivity contribution in [2.45, 2.75) is 0 Å². The molecule has 0 spiro atoms. The number of methoxy groups -OCH3 is 1. The predicted octanol–water partition coefficient (Wildman–Crippen LogP) is 2.71. The number of carbonyl (C=O) groups excluding carboxylic acids is 1. The van der Waals surface area contributed by atoms with Gasteiger partial charge in [-0.3, -0.25) is 0 Å². The maximum Gasteiger partial charge on any atom is 0.340 e. The number of nitriles is 1. The van der Waals surface area contributed by atoms with Crippen LogP contribution in [0.25, 0.3) is 0 Å². The number of rotatable bonds is 1. The average Bonchev–Trinajstić information content (AvgIpc) is 2.18. The zero-order chi connectivity index (χ0) is 10.7. The largest absolute Gasteiger partial charge is 0.465 e. The Hall–Kier alpha value is -0.610. The van der Waals surface area contributed by atoms with Gasteiger partial charge >= 0.3 is 5.97 Å². The number of ether oxygens (including phenoxy) is 1. The normalized spacial score (nSPS) is 9.29. The van der Waals surface area contributed by atoms with Gasteiger partial charge in [-0.1, -0.05) is 0 Å². The highest BCUT2D eigenvalue weighted by atomic mass is 127. The van der Waals surface area contributed by atoms with E-state index in [9.17, 15) is 4.79 Å². The molecule has 14 heavy (non-hydrogen) atoms. The van der Waals surface area contributed by atoms with Crippen molar-refractivity contribution in [3.05, 3.63) is 31.3 Å². The van der Waals surface area contributed by atoms with Gasteiger partial charge in [0.15, 0.2) is 0 Å². The third-order valence-corrected chi connectivity index (χ3v) is 3.32. The van der Waals surface area contributed by atoms with Crippen LogP contribution in [-0.4, -0.2) is 13.1 Å². The molecule has 1 aromatic carbocycles. The third kappa shape index (κ3) is 2.07. The van der Waals surface area contributed by atoms with E-state index in [-0.39, 0.29) is 0 Å². The number of nitrogens with zero attached hydrogens (tertiary/aromatic N) is 1. The van der Waals surface area contributed by atoms with Gasteiger partial charge in [0.1, 0.15) is 6.07 Å². The zero-order valence-corrected chi connectivity index (χ0v) is 10.9. The summed E-state index contributed by atoms with van der Waals surface area (Å²) in [6.07, 6.45) is 0. The second-order valence-electron chi connectivity index (χ2n) is 2.39. The summed E-state index contributed by atoms with van der Waals surface area (Å²) in [6, 6.07) is 5.34. The lowest BCUT2D eigenvalue weighted by molar-refractivity contribution is 0.0598. The molecule has 0 unspecified atom stereocenters. The Bertz CT molecular complexity index is 426. The average molecular weight is 366 g/mol. The molecule has 3 nitrogen and oxygen atoms in total. The molecule has 72 valence electrons. The summed E-state index contributed by atoms with van der Waals surface area (Å²) in [5.41, 5.74) is 0.818. The van der Waals surface area contributed by atoms with Crippen molar-refractivity contribution < 1.29 is 9.53 Å². The Labute approximate surface area is 103 Å². The summed E-state index contributed by atoms with van der Waals surface area (Å²) in [5, 5.41) is 8.75. The van der Waals surface area contributed by atoms with E-state index in [2.05, 4.69) is 20.7 Å². The molecular formula is C9H5BrINO2. The van der Waals surface area contributed by atoms with Crippen LogP contribution in [0.3, 0.4) is 0 Å². The smallest absolute Gasteiger partial charge is 0.340 e. The van der Waals surface area contributed by atoms with Gasteiger partial charge in [0.05, 0.1) is 22.7 Å². The SMILES string of the molecule is COC(=O)c1c(I)ccc(C#N)c1Br. The first-order valence-electron chi connectivity index (χ1n) is 3.58. The lowest BCUT2D eigenvalue weighted by Crippen LogP contribution is -2.06. The summed E-state index contributed by atoms with van der Waals surface area (Å²) in [4.78, 5) is 11.4. The van der Waals surface area contributed by atoms with Crippen LogP contribution in [0.5, 0.6) is 0 Å². The maximum atomic E-state index is 11.4. The Morgan fingerprint density at radius 1 is 1.64 bits per heavy atom. The maximum absolute atomic E-state index is 11.4. The van der Waals surface area contributed by atoms with Crippen LogP contribution in [0.4, 0.5) is 0 Å². The molecule has 0 aliphatic heterocycles. The van der Waals surface area contributed by atoms with Crippen LogP contribution in [-0.2, 0) is 4.74 Å². The predicted molar refractivity (Wildman–Crippen MR) is 62.9 cm³/mol. The summed E-state index contributed by atoms with van der Waals surface area (Å²) in [6.45, 7) is 0. The molecule has 0 atom stereocenters. The van der Waals surface area contributed by atoms with Crippen LogP contribution in [0.1, 0.15) is 15.9 Å². The Morgan fingerprint density at radius 2 is 2.29 bits per heavy atom. The van der Waals surface area contributed by atoms with E-state index in [1.807, 2.05) is 28.7 Å². The van der Waals surface area contributed by atoms with Crippen LogP contribution in [0.15, 0.2) is 16.6 Å². The molecule has 0 bridgehead atoms. The van der Waals surface area contributed by atoms with Crippen LogP contribution in [0, 0.1) is 14.9 Å². The zero-order valence-electron chi connectivity index (χ0n) is 7.17. The lowest BCUT2D eigenvalue weighted by Gasteiger charge is -2.05. The number of esters is 1. The number of benzene rings is 1. The first-order chi connectivity index (χ1) is 6.61. The Kier molecular flexibility index (Phi) is 3.89. The van der Waals surface area contributed by atoms with Crippen molar-refractivity contribution in [3.8, 4) is 6.07 Å². The summed E-state index contributed by atoms with van der Waals surface area (Å²) in [5.74, 6) is -0.446. The van der Waals surface area contributed by atoms with Gasteiger partial charge < -0.3 is 4.74 Å². The van der Waals surface area contributed by atoms with E-state index in [4.69, 9.17) is 5.26 Å². The molecule has 0 heterocycles. The fourth-order valence-electron chi connectivity index (χ4n) is 0.928. The Morgan fingerprint density at radius 3 is 2.79 bits per heavy atom. The first-order valence-corrected chi connectivity index (χ1v) is 5.45. The number of halogens is 2. The van der Waals surface area contributed by atoms with Crippen molar-refractivity contribution in [1.29, 1.82) is 5.26 Å². The van der Waals surface area contributed by atoms with E-state index in [1.54, 1.807) is 12.1 Å². The van der Waals surface area contributed by atoms with Gasteiger partial charge in [-0.25, -0.2) is 4.79 Å². The minimum absolute atomic E-state index is 0.396. The van der Waals surface area contributed by atoms with Crippen molar-refractivity contribution in [2.75, 3.05) is 7.11 Å². The molecule has 0 aliphatic rings. The monoisotopic (exact) mass is 365 g/mol. The quantitative estimate of drug-likeness (QED) is 0.568. The van der Waals surface area contributed by atoms with Crippen molar-refractivity contribution in [2.24, 2.45) is 0 Å². The lowest BCUT2D eigenvalue weighted by atomic mass is 10.1. The van der Waals surface area contributed by atoms with Gasteiger partial charge in [0.25, 0.3) is 0 Å². The molecule has 0 fully saturated rings. The molecule has 0 saturated heterocycles. The van der Waals surface area contributed by atoms with E-state index in [0.717, 1.165) is 3.57 Å². The van der Waals surface area contributed by atoms with Crippen LogP contribution in [0.2, 0.25) is 0 Å². The minimum Gasteiger partial charge on any atom is -0.465 e. The highest BCUT2D eigenvalue weighted by Gasteiger charge is 2.17. The van der Waals surface area contributed by atoms with Gasteiger partial charge in [0.2, 0.25) is 0 Å². The second kappa shape index (κ2) is 4.75. The van der Waals surface area contributed by atoms with Crippen LogP contribution >= 0.6 is 38.5 Å². The highest BCUT2D eigenvalue weighted by Crippen LogP contribution is 2.26. The van der Waals surface area contributed by atoms with Gasteiger partial charge in [-0.15, -0.1) is 0 Å². The number of carbonyl (C=O) groups is 1. The van der Waals surface area contributed by atoms with E-state index in [1.165, 1.54) is 7.11 Å². The molecule has 1 rings (SSSR count). The summed E-state index contributed by atoms with van der Waals surface area (Å²) >= 11 is 5.22.